The minimum Gasteiger partial charge on any atom is -0.497 e. The van der Waals surface area contributed by atoms with Gasteiger partial charge in [-0.2, -0.15) is 0 Å². The second-order valence-electron chi connectivity index (χ2n) is 5.02. The standard InChI is InChI=1S/C14H19FN2O2/c1-9-5-10(8-16-7-9)17-14(18)12-4-3-11(19-2)6-13(12)15/h3-4,6,9-10,16H,5,7-8H2,1-2H3,(H,17,18). The minimum absolute atomic E-state index is 0.0535. The molecule has 1 aromatic rings. The van der Waals surface area contributed by atoms with Gasteiger partial charge in [-0.3, -0.25) is 4.79 Å². The minimum atomic E-state index is -0.561. The molecule has 104 valence electrons. The smallest absolute Gasteiger partial charge is 0.254 e. The molecule has 0 radical (unpaired) electrons. The summed E-state index contributed by atoms with van der Waals surface area (Å²) >= 11 is 0. The molecule has 19 heavy (non-hydrogen) atoms. The fourth-order valence-electron chi connectivity index (χ4n) is 2.34. The number of halogens is 1. The first-order valence-electron chi connectivity index (χ1n) is 6.45. The summed E-state index contributed by atoms with van der Waals surface area (Å²) in [5.74, 6) is -0.0171. The van der Waals surface area contributed by atoms with Crippen LogP contribution in [0.15, 0.2) is 18.2 Å². The molecule has 2 rings (SSSR count). The third-order valence-corrected chi connectivity index (χ3v) is 3.33. The quantitative estimate of drug-likeness (QED) is 0.873. The zero-order chi connectivity index (χ0) is 13.8. The Morgan fingerprint density at radius 2 is 2.26 bits per heavy atom. The summed E-state index contributed by atoms with van der Waals surface area (Å²) in [4.78, 5) is 12.0. The Kier molecular flexibility index (Phi) is 4.37. The van der Waals surface area contributed by atoms with Gasteiger partial charge in [-0.15, -0.1) is 0 Å². The Balaban J connectivity index is 2.03. The Labute approximate surface area is 112 Å². The van der Waals surface area contributed by atoms with E-state index in [-0.39, 0.29) is 17.5 Å². The van der Waals surface area contributed by atoms with Crippen LogP contribution in [0.5, 0.6) is 5.75 Å². The SMILES string of the molecule is COc1ccc(C(=O)NC2CNCC(C)C2)c(F)c1. The van der Waals surface area contributed by atoms with Crippen molar-refractivity contribution in [3.05, 3.63) is 29.6 Å². The molecule has 0 spiro atoms. The van der Waals surface area contributed by atoms with Crippen molar-refractivity contribution in [1.82, 2.24) is 10.6 Å². The highest BCUT2D eigenvalue weighted by atomic mass is 19.1. The van der Waals surface area contributed by atoms with Crippen LogP contribution in [-0.2, 0) is 0 Å². The van der Waals surface area contributed by atoms with Crippen molar-refractivity contribution in [2.24, 2.45) is 5.92 Å². The Morgan fingerprint density at radius 3 is 2.89 bits per heavy atom. The highest BCUT2D eigenvalue weighted by molar-refractivity contribution is 5.94. The molecule has 1 aromatic carbocycles. The molecule has 1 heterocycles. The lowest BCUT2D eigenvalue weighted by atomic mass is 9.97. The molecule has 0 aliphatic carbocycles. The summed E-state index contributed by atoms with van der Waals surface area (Å²) in [6.07, 6.45) is 0.913. The molecule has 1 aliphatic heterocycles. The van der Waals surface area contributed by atoms with E-state index in [9.17, 15) is 9.18 Å². The maximum atomic E-state index is 13.8. The van der Waals surface area contributed by atoms with E-state index < -0.39 is 5.82 Å². The molecule has 4 nitrogen and oxygen atoms in total. The fraction of sp³-hybridized carbons (Fsp3) is 0.500. The second-order valence-corrected chi connectivity index (χ2v) is 5.02. The van der Waals surface area contributed by atoms with Gasteiger partial charge >= 0.3 is 0 Å². The number of nitrogens with one attached hydrogen (secondary N) is 2. The molecule has 2 N–H and O–H groups in total. The van der Waals surface area contributed by atoms with Crippen molar-refractivity contribution in [2.45, 2.75) is 19.4 Å². The van der Waals surface area contributed by atoms with Crippen LogP contribution >= 0.6 is 0 Å². The number of rotatable bonds is 3. The van der Waals surface area contributed by atoms with Crippen molar-refractivity contribution in [3.8, 4) is 5.75 Å². The Morgan fingerprint density at radius 1 is 1.47 bits per heavy atom. The molecule has 2 atom stereocenters. The predicted molar refractivity (Wildman–Crippen MR) is 70.9 cm³/mol. The van der Waals surface area contributed by atoms with Crippen molar-refractivity contribution in [1.29, 1.82) is 0 Å². The number of piperidine rings is 1. The Hall–Kier alpha value is -1.62. The van der Waals surface area contributed by atoms with Gasteiger partial charge in [0.1, 0.15) is 11.6 Å². The zero-order valence-electron chi connectivity index (χ0n) is 11.2. The number of carbonyl (C=O) groups excluding carboxylic acids is 1. The third kappa shape index (κ3) is 3.44. The molecule has 2 unspecified atom stereocenters. The first kappa shape index (κ1) is 13.8. The topological polar surface area (TPSA) is 50.4 Å². The van der Waals surface area contributed by atoms with Crippen LogP contribution < -0.4 is 15.4 Å². The van der Waals surface area contributed by atoms with Gasteiger partial charge in [0.15, 0.2) is 0 Å². The van der Waals surface area contributed by atoms with E-state index in [1.807, 2.05) is 0 Å². The number of carbonyl (C=O) groups is 1. The number of hydrogen-bond acceptors (Lipinski definition) is 3. The summed E-state index contributed by atoms with van der Waals surface area (Å²) < 4.78 is 18.7. The number of hydrogen-bond donors (Lipinski definition) is 2. The van der Waals surface area contributed by atoms with Gasteiger partial charge in [-0.25, -0.2) is 4.39 Å². The second kappa shape index (κ2) is 6.02. The van der Waals surface area contributed by atoms with Crippen LogP contribution in [-0.4, -0.2) is 32.1 Å². The molecule has 1 amide bonds. The van der Waals surface area contributed by atoms with Crippen molar-refractivity contribution in [2.75, 3.05) is 20.2 Å². The van der Waals surface area contributed by atoms with E-state index in [2.05, 4.69) is 17.6 Å². The van der Waals surface area contributed by atoms with Gasteiger partial charge in [0.05, 0.1) is 12.7 Å². The maximum Gasteiger partial charge on any atom is 0.254 e. The predicted octanol–water partition coefficient (Wildman–Crippen LogP) is 1.56. The Bertz CT molecular complexity index is 465. The number of ether oxygens (including phenoxy) is 1. The van der Waals surface area contributed by atoms with Crippen LogP contribution in [0.2, 0.25) is 0 Å². The molecule has 0 aromatic heterocycles. The number of amides is 1. The molecular weight excluding hydrogens is 247 g/mol. The summed E-state index contributed by atoms with van der Waals surface area (Å²) in [6.45, 7) is 3.82. The van der Waals surface area contributed by atoms with E-state index in [0.717, 1.165) is 19.5 Å². The monoisotopic (exact) mass is 266 g/mol. The highest BCUT2D eigenvalue weighted by Gasteiger charge is 2.22. The lowest BCUT2D eigenvalue weighted by molar-refractivity contribution is 0.0921. The van der Waals surface area contributed by atoms with Crippen LogP contribution in [0.1, 0.15) is 23.7 Å². The van der Waals surface area contributed by atoms with Crippen molar-refractivity contribution < 1.29 is 13.9 Å². The molecule has 5 heteroatoms. The normalized spacial score (nSPS) is 22.9. The fourth-order valence-corrected chi connectivity index (χ4v) is 2.34. The number of methoxy groups -OCH3 is 1. The average molecular weight is 266 g/mol. The van der Waals surface area contributed by atoms with E-state index in [1.165, 1.54) is 19.2 Å². The maximum absolute atomic E-state index is 13.8. The molecule has 0 bridgehead atoms. The van der Waals surface area contributed by atoms with Gasteiger partial charge < -0.3 is 15.4 Å². The number of benzene rings is 1. The van der Waals surface area contributed by atoms with Crippen LogP contribution in [0.4, 0.5) is 4.39 Å². The van der Waals surface area contributed by atoms with Crippen LogP contribution in [0, 0.1) is 11.7 Å². The average Bonchev–Trinajstić information content (AvgIpc) is 2.38. The summed E-state index contributed by atoms with van der Waals surface area (Å²) in [7, 11) is 1.46. The van der Waals surface area contributed by atoms with Gasteiger partial charge in [-0.05, 0) is 31.0 Å². The summed E-state index contributed by atoms with van der Waals surface area (Å²) in [6, 6.07) is 4.30. The molecule has 0 saturated carbocycles. The third-order valence-electron chi connectivity index (χ3n) is 3.33. The first-order valence-corrected chi connectivity index (χ1v) is 6.45. The van der Waals surface area contributed by atoms with Crippen molar-refractivity contribution in [3.63, 3.8) is 0 Å². The van der Waals surface area contributed by atoms with Gasteiger partial charge in [0.2, 0.25) is 0 Å². The highest BCUT2D eigenvalue weighted by Crippen LogP contribution is 2.17. The first-order chi connectivity index (χ1) is 9.10. The van der Waals surface area contributed by atoms with Crippen LogP contribution in [0.3, 0.4) is 0 Å². The van der Waals surface area contributed by atoms with Gasteiger partial charge in [0.25, 0.3) is 5.91 Å². The molecule has 1 aliphatic rings. The largest absolute Gasteiger partial charge is 0.497 e. The van der Waals surface area contributed by atoms with E-state index in [0.29, 0.717) is 11.7 Å². The van der Waals surface area contributed by atoms with E-state index in [4.69, 9.17) is 4.74 Å². The van der Waals surface area contributed by atoms with Crippen molar-refractivity contribution >= 4 is 5.91 Å². The summed E-state index contributed by atoms with van der Waals surface area (Å²) in [5, 5.41) is 6.11. The molecule has 1 fully saturated rings. The van der Waals surface area contributed by atoms with E-state index >= 15 is 0 Å². The molecular formula is C14H19FN2O2. The van der Waals surface area contributed by atoms with Gasteiger partial charge in [-0.1, -0.05) is 6.92 Å². The van der Waals surface area contributed by atoms with E-state index in [1.54, 1.807) is 6.07 Å². The molecule has 1 saturated heterocycles. The zero-order valence-corrected chi connectivity index (χ0v) is 11.2. The van der Waals surface area contributed by atoms with Crippen LogP contribution in [0.25, 0.3) is 0 Å². The van der Waals surface area contributed by atoms with Gasteiger partial charge in [0, 0.05) is 18.7 Å². The lowest BCUT2D eigenvalue weighted by Crippen LogP contribution is -2.48. The summed E-state index contributed by atoms with van der Waals surface area (Å²) in [5.41, 5.74) is 0.0547. The lowest BCUT2D eigenvalue weighted by Gasteiger charge is -2.28.